The number of rotatable bonds is 0. The van der Waals surface area contributed by atoms with Crippen LogP contribution in [0.4, 0.5) is 0 Å². The maximum absolute atomic E-state index is 2.64. The van der Waals surface area contributed by atoms with Gasteiger partial charge in [-0.1, -0.05) is 0 Å². The maximum atomic E-state index is 2.64. The Labute approximate surface area is 59.4 Å². The molecule has 0 amide bonds. The Morgan fingerprint density at radius 2 is 1.67 bits per heavy atom. The van der Waals surface area contributed by atoms with Gasteiger partial charge in [-0.25, -0.2) is 0 Å². The average molecular weight is 161 g/mol. The second-order valence-electron chi connectivity index (χ2n) is 3.45. The molecule has 0 N–H and O–H groups in total. The van der Waals surface area contributed by atoms with Crippen molar-refractivity contribution < 1.29 is 0 Å². The van der Waals surface area contributed by atoms with Crippen molar-refractivity contribution in [3.63, 3.8) is 0 Å². The third kappa shape index (κ3) is 0.958. The van der Waals surface area contributed by atoms with Crippen molar-refractivity contribution in [2.75, 3.05) is 31.3 Å². The largest absolute Gasteiger partial charge is 0.0618 e. The summed E-state index contributed by atoms with van der Waals surface area (Å²) in [5, 5.41) is 0. The van der Waals surface area contributed by atoms with E-state index in [1.807, 2.05) is 0 Å². The second-order valence-corrected chi connectivity index (χ2v) is 13.5. The summed E-state index contributed by atoms with van der Waals surface area (Å²) in [5.74, 6) is 0. The van der Waals surface area contributed by atoms with Crippen molar-refractivity contribution in [1.29, 1.82) is 0 Å². The Hall–Kier alpha value is 0.860. The Bertz CT molecular complexity index is 112. The lowest BCUT2D eigenvalue weighted by molar-refractivity contribution is 1.06. The van der Waals surface area contributed by atoms with Gasteiger partial charge in [0.2, 0.25) is 0 Å². The average Bonchev–Trinajstić information content (AvgIpc) is 2.22. The maximum Gasteiger partial charge on any atom is 0.0618 e. The summed E-state index contributed by atoms with van der Waals surface area (Å²) in [4.78, 5) is 0. The van der Waals surface area contributed by atoms with Crippen molar-refractivity contribution in [2.24, 2.45) is 0 Å². The van der Waals surface area contributed by atoms with Crippen LogP contribution in [-0.4, -0.2) is 31.3 Å². The van der Waals surface area contributed by atoms with Gasteiger partial charge in [-0.15, -0.1) is 0 Å². The molecule has 0 atom stereocenters. The van der Waals surface area contributed by atoms with Gasteiger partial charge in [-0.3, -0.25) is 0 Å². The van der Waals surface area contributed by atoms with Crippen LogP contribution < -0.4 is 0 Å². The molecular formula is C7H15P2+. The summed E-state index contributed by atoms with van der Waals surface area (Å²) in [7, 11) is 0.636. The van der Waals surface area contributed by atoms with Crippen molar-refractivity contribution >= 4 is 14.6 Å². The zero-order valence-corrected chi connectivity index (χ0v) is 7.93. The third-order valence-corrected chi connectivity index (χ3v) is 14.9. The fraction of sp³-hybridized carbons (Fsp3) is 1.00. The first-order chi connectivity index (χ1) is 4.31. The Balaban J connectivity index is 2.17. The minimum atomic E-state index is -0.216. The molecule has 0 aromatic rings. The molecule has 0 spiro atoms. The molecule has 9 heavy (non-hydrogen) atoms. The van der Waals surface area contributed by atoms with Crippen LogP contribution in [0, 0.1) is 0 Å². The summed E-state index contributed by atoms with van der Waals surface area (Å²) in [5.41, 5.74) is 0. The quantitative estimate of drug-likeness (QED) is 0.479. The highest BCUT2D eigenvalue weighted by molar-refractivity contribution is 8.39. The molecule has 2 aliphatic rings. The molecule has 0 bridgehead atoms. The van der Waals surface area contributed by atoms with Gasteiger partial charge in [-0.05, 0) is 12.8 Å². The first-order valence-electron chi connectivity index (χ1n) is 3.91. The molecule has 0 nitrogen and oxygen atoms in total. The van der Waals surface area contributed by atoms with Gasteiger partial charge in [0.1, 0.15) is 0 Å². The van der Waals surface area contributed by atoms with E-state index >= 15 is 0 Å². The van der Waals surface area contributed by atoms with Crippen LogP contribution in [0.25, 0.3) is 0 Å². The Kier molecular flexibility index (Phi) is 1.59. The highest BCUT2D eigenvalue weighted by Gasteiger charge is 2.49. The molecule has 2 rings (SSSR count). The lowest BCUT2D eigenvalue weighted by Crippen LogP contribution is -1.86. The standard InChI is InChI=1S/C7H15P2/c1-9-6-2-4-8(9)5-3-7-9/h2-7H2,1H3/q+1. The highest BCUT2D eigenvalue weighted by Crippen LogP contribution is 2.89. The Morgan fingerprint density at radius 1 is 1.11 bits per heavy atom. The zero-order valence-electron chi connectivity index (χ0n) is 6.14. The van der Waals surface area contributed by atoms with Gasteiger partial charge in [0.05, 0.1) is 26.6 Å². The number of hydrogen-bond donors (Lipinski definition) is 0. The van der Waals surface area contributed by atoms with E-state index in [0.29, 0.717) is 7.61 Å². The molecule has 2 heteroatoms. The van der Waals surface area contributed by atoms with Crippen LogP contribution in [0.3, 0.4) is 0 Å². The fourth-order valence-corrected chi connectivity index (χ4v) is 13.7. The van der Waals surface area contributed by atoms with Gasteiger partial charge in [0.25, 0.3) is 0 Å². The van der Waals surface area contributed by atoms with Crippen molar-refractivity contribution in [2.45, 2.75) is 12.8 Å². The van der Waals surface area contributed by atoms with Crippen LogP contribution in [0.15, 0.2) is 0 Å². The number of hydrogen-bond acceptors (Lipinski definition) is 0. The summed E-state index contributed by atoms with van der Waals surface area (Å²) in [6.07, 6.45) is 9.82. The Morgan fingerprint density at radius 3 is 2.11 bits per heavy atom. The molecule has 2 saturated heterocycles. The summed E-state index contributed by atoms with van der Waals surface area (Å²) >= 11 is 0. The predicted molar refractivity (Wildman–Crippen MR) is 48.5 cm³/mol. The van der Waals surface area contributed by atoms with Gasteiger partial charge in [0.15, 0.2) is 0 Å². The van der Waals surface area contributed by atoms with E-state index in [4.69, 9.17) is 0 Å². The lowest BCUT2D eigenvalue weighted by atomic mass is 10.5. The van der Waals surface area contributed by atoms with Crippen LogP contribution in [0.2, 0.25) is 0 Å². The molecule has 0 aliphatic carbocycles. The third-order valence-electron chi connectivity index (χ3n) is 2.79. The molecule has 0 aromatic heterocycles. The molecule has 0 unspecified atom stereocenters. The summed E-state index contributed by atoms with van der Waals surface area (Å²) < 4.78 is 0. The van der Waals surface area contributed by atoms with Crippen molar-refractivity contribution in [3.8, 4) is 0 Å². The minimum Gasteiger partial charge on any atom is -0.0118 e. The fourth-order valence-electron chi connectivity index (χ4n) is 2.18. The normalized spacial score (nSPS) is 49.7. The van der Waals surface area contributed by atoms with Crippen molar-refractivity contribution in [1.82, 2.24) is 0 Å². The van der Waals surface area contributed by atoms with E-state index in [0.717, 1.165) is 0 Å². The molecule has 0 saturated carbocycles. The molecule has 2 heterocycles. The SMILES string of the molecule is C[P+]12CCCP1CCC2. The van der Waals surface area contributed by atoms with Crippen LogP contribution >= 0.6 is 14.6 Å². The van der Waals surface area contributed by atoms with Gasteiger partial charge in [0, 0.05) is 19.3 Å². The summed E-state index contributed by atoms with van der Waals surface area (Å²) in [6, 6.07) is 0. The first-order valence-corrected chi connectivity index (χ1v) is 8.94. The van der Waals surface area contributed by atoms with E-state index in [9.17, 15) is 0 Å². The van der Waals surface area contributed by atoms with Crippen LogP contribution in [-0.2, 0) is 0 Å². The molecular weight excluding hydrogens is 146 g/mol. The summed E-state index contributed by atoms with van der Waals surface area (Å²) in [6.45, 7) is 2.42. The van der Waals surface area contributed by atoms with E-state index in [1.165, 1.54) is 0 Å². The lowest BCUT2D eigenvalue weighted by Gasteiger charge is -2.14. The monoisotopic (exact) mass is 161 g/mol. The first kappa shape index (κ1) is 6.56. The van der Waals surface area contributed by atoms with Crippen LogP contribution in [0.1, 0.15) is 12.8 Å². The van der Waals surface area contributed by atoms with Crippen molar-refractivity contribution in [3.05, 3.63) is 0 Å². The van der Waals surface area contributed by atoms with E-state index in [2.05, 4.69) is 6.66 Å². The second kappa shape index (κ2) is 2.18. The van der Waals surface area contributed by atoms with Gasteiger partial charge < -0.3 is 0 Å². The smallest absolute Gasteiger partial charge is 0.0118 e. The van der Waals surface area contributed by atoms with E-state index in [1.54, 1.807) is 37.5 Å². The molecule has 0 radical (unpaired) electrons. The van der Waals surface area contributed by atoms with Crippen LogP contribution in [0.5, 0.6) is 0 Å². The highest BCUT2D eigenvalue weighted by atomic mass is 32.1. The number of fused-ring (bicyclic) bond motifs is 1. The molecule has 2 aliphatic heterocycles. The molecule has 0 aromatic carbocycles. The topological polar surface area (TPSA) is 0 Å². The zero-order chi connectivity index (χ0) is 6.32. The minimum absolute atomic E-state index is 0.216. The molecule has 2 fully saturated rings. The molecule has 52 valence electrons. The van der Waals surface area contributed by atoms with Gasteiger partial charge in [-0.2, -0.15) is 0 Å². The van der Waals surface area contributed by atoms with Gasteiger partial charge >= 0.3 is 0 Å². The van der Waals surface area contributed by atoms with E-state index < -0.39 is 0 Å². The predicted octanol–water partition coefficient (Wildman–Crippen LogP) is 2.84. The van der Waals surface area contributed by atoms with E-state index in [-0.39, 0.29) is 6.95 Å².